The van der Waals surface area contributed by atoms with Gasteiger partial charge >= 0.3 is 7.12 Å². The predicted octanol–water partition coefficient (Wildman–Crippen LogP) is 4.03. The third kappa shape index (κ3) is 5.96. The molecule has 0 radical (unpaired) electrons. The summed E-state index contributed by atoms with van der Waals surface area (Å²) in [5.41, 5.74) is 8.03. The zero-order valence-electron chi connectivity index (χ0n) is 22.7. The van der Waals surface area contributed by atoms with Crippen LogP contribution in [-0.2, 0) is 9.16 Å². The largest absolute Gasteiger partial charge is 0.555 e. The molecule has 10 nitrogen and oxygen atoms in total. The minimum absolute atomic E-state index is 0.104. The van der Waals surface area contributed by atoms with Crippen LogP contribution in [0.1, 0.15) is 55.6 Å². The van der Waals surface area contributed by atoms with Crippen LogP contribution >= 0.6 is 0 Å². The van der Waals surface area contributed by atoms with E-state index < -0.39 is 21.3 Å². The highest BCUT2D eigenvalue weighted by Gasteiger charge is 2.37. The van der Waals surface area contributed by atoms with Crippen LogP contribution in [0.3, 0.4) is 0 Å². The van der Waals surface area contributed by atoms with Crippen LogP contribution in [0.15, 0.2) is 29.9 Å². The molecule has 1 aromatic carbocycles. The van der Waals surface area contributed by atoms with Gasteiger partial charge in [0.25, 0.3) is 5.91 Å². The lowest BCUT2D eigenvalue weighted by Gasteiger charge is -2.36. The fourth-order valence-electron chi connectivity index (χ4n) is 4.25. The van der Waals surface area contributed by atoms with Crippen LogP contribution in [0, 0.1) is 17.2 Å². The van der Waals surface area contributed by atoms with Crippen LogP contribution in [0.5, 0.6) is 5.75 Å². The van der Waals surface area contributed by atoms with Gasteiger partial charge in [-0.25, -0.2) is 0 Å². The van der Waals surface area contributed by atoms with Crippen molar-refractivity contribution in [3.63, 3.8) is 0 Å². The number of hydrogen-bond acceptors (Lipinski definition) is 8. The summed E-state index contributed by atoms with van der Waals surface area (Å²) < 4.78 is 19.2. The van der Waals surface area contributed by atoms with Crippen molar-refractivity contribution in [2.75, 3.05) is 25.1 Å². The molecular formula is C26H36BN5O5Si. The van der Waals surface area contributed by atoms with E-state index in [2.05, 4.69) is 50.3 Å². The summed E-state index contributed by atoms with van der Waals surface area (Å²) in [6.45, 7) is 12.3. The summed E-state index contributed by atoms with van der Waals surface area (Å²) in [4.78, 5) is 12.2. The minimum Gasteiger partial charge on any atom is -0.532 e. The fourth-order valence-corrected chi connectivity index (χ4v) is 5.30. The number of nitriles is 1. The number of ether oxygens (including phenoxy) is 1. The summed E-state index contributed by atoms with van der Waals surface area (Å²) in [6, 6.07) is 7.39. The van der Waals surface area contributed by atoms with Gasteiger partial charge in [-0.05, 0) is 54.6 Å². The molecular weight excluding hydrogens is 501 g/mol. The van der Waals surface area contributed by atoms with Crippen LogP contribution in [0.2, 0.25) is 18.1 Å². The molecule has 0 saturated carbocycles. The molecule has 0 bridgehead atoms. The molecule has 38 heavy (non-hydrogen) atoms. The van der Waals surface area contributed by atoms with Gasteiger partial charge in [-0.1, -0.05) is 26.8 Å². The first-order chi connectivity index (χ1) is 17.9. The van der Waals surface area contributed by atoms with Crippen molar-refractivity contribution in [3.8, 4) is 11.8 Å². The van der Waals surface area contributed by atoms with Gasteiger partial charge in [0.2, 0.25) is 0 Å². The number of anilines is 2. The molecule has 4 rings (SSSR count). The Hall–Kier alpha value is -3.11. The second kappa shape index (κ2) is 10.9. The zero-order valence-corrected chi connectivity index (χ0v) is 23.7. The second-order valence-electron chi connectivity index (χ2n) is 11.3. The number of nitrogens with zero attached hydrogens (tertiary/aromatic N) is 3. The van der Waals surface area contributed by atoms with Gasteiger partial charge in [0.15, 0.2) is 14.1 Å². The summed E-state index contributed by atoms with van der Waals surface area (Å²) in [5, 5.41) is 27.9. The third-order valence-electron chi connectivity index (χ3n) is 7.66. The van der Waals surface area contributed by atoms with Gasteiger partial charge in [0.1, 0.15) is 11.3 Å². The molecule has 4 N–H and O–H groups in total. The minimum atomic E-state index is -1.90. The predicted molar refractivity (Wildman–Crippen MR) is 148 cm³/mol. The number of nitrogens with two attached hydrogens (primary N) is 1. The monoisotopic (exact) mass is 537 g/mol. The van der Waals surface area contributed by atoms with Gasteiger partial charge in [-0.15, -0.1) is 0 Å². The molecule has 0 spiro atoms. The molecule has 1 amide bonds. The lowest BCUT2D eigenvalue weighted by Crippen LogP contribution is -2.41. The molecule has 1 fully saturated rings. The van der Waals surface area contributed by atoms with Crippen molar-refractivity contribution < 1.29 is 23.6 Å². The average Bonchev–Trinajstić information content (AvgIpc) is 3.27. The van der Waals surface area contributed by atoms with Crippen LogP contribution in [-0.4, -0.2) is 56.0 Å². The van der Waals surface area contributed by atoms with E-state index in [9.17, 15) is 15.1 Å². The maximum Gasteiger partial charge on any atom is 0.555 e. The molecule has 2 atom stereocenters. The quantitative estimate of drug-likeness (QED) is 0.428. The average molecular weight is 538 g/mol. The second-order valence-corrected chi connectivity index (χ2v) is 16.1. The molecule has 0 unspecified atom stereocenters. The van der Waals surface area contributed by atoms with E-state index >= 15 is 0 Å². The normalized spacial score (nSPS) is 19.7. The Morgan fingerprint density at radius 2 is 2.18 bits per heavy atom. The SMILES string of the molecule is CC(C)(C)[Si](C)(C)OCCC1=Cc2cc(Nc3nn([C@@H]4COCC[C@H]4C#N)cc3C(N)=O)ccc2OB1O. The lowest BCUT2D eigenvalue weighted by atomic mass is 9.74. The Bertz CT molecular complexity index is 1270. The summed E-state index contributed by atoms with van der Waals surface area (Å²) in [5.74, 6) is -0.0523. The molecule has 1 aromatic heterocycles. The lowest BCUT2D eigenvalue weighted by molar-refractivity contribution is 0.0342. The fraction of sp³-hybridized carbons (Fsp3) is 0.500. The van der Waals surface area contributed by atoms with E-state index in [0.29, 0.717) is 49.9 Å². The van der Waals surface area contributed by atoms with Gasteiger partial charge in [-0.2, -0.15) is 10.4 Å². The number of primary amides is 1. The third-order valence-corrected chi connectivity index (χ3v) is 12.2. The highest BCUT2D eigenvalue weighted by atomic mass is 28.4. The molecule has 3 heterocycles. The number of carbonyl (C=O) groups excluding carboxylic acids is 1. The van der Waals surface area contributed by atoms with Crippen molar-refractivity contribution in [1.29, 1.82) is 5.26 Å². The van der Waals surface area contributed by atoms with Crippen LogP contribution in [0.4, 0.5) is 11.5 Å². The molecule has 202 valence electrons. The van der Waals surface area contributed by atoms with Crippen molar-refractivity contribution in [1.82, 2.24) is 9.78 Å². The smallest absolute Gasteiger partial charge is 0.532 e. The number of benzene rings is 1. The Morgan fingerprint density at radius 1 is 1.42 bits per heavy atom. The van der Waals surface area contributed by atoms with Crippen molar-refractivity contribution >= 4 is 38.9 Å². The first kappa shape index (κ1) is 27.9. The number of carbonyl (C=O) groups is 1. The van der Waals surface area contributed by atoms with Gasteiger partial charge < -0.3 is 29.9 Å². The highest BCUT2D eigenvalue weighted by molar-refractivity contribution is 6.74. The molecule has 2 aromatic rings. The molecule has 1 saturated heterocycles. The molecule has 2 aliphatic heterocycles. The topological polar surface area (TPSA) is 145 Å². The van der Waals surface area contributed by atoms with Gasteiger partial charge in [0.05, 0.1) is 24.6 Å². The van der Waals surface area contributed by atoms with Crippen molar-refractivity contribution in [2.45, 2.75) is 57.8 Å². The van der Waals surface area contributed by atoms with E-state index in [4.69, 9.17) is 19.6 Å². The number of hydrogen-bond donors (Lipinski definition) is 3. The van der Waals surface area contributed by atoms with Crippen molar-refractivity contribution in [2.24, 2.45) is 11.7 Å². The molecule has 2 aliphatic rings. The molecule has 0 aliphatic carbocycles. The summed E-state index contributed by atoms with van der Waals surface area (Å²) in [7, 11) is -2.93. The van der Waals surface area contributed by atoms with E-state index in [1.165, 1.54) is 0 Å². The number of amides is 1. The van der Waals surface area contributed by atoms with Crippen molar-refractivity contribution in [3.05, 3.63) is 41.0 Å². The van der Waals surface area contributed by atoms with E-state index in [-0.39, 0.29) is 22.6 Å². The number of aromatic nitrogens is 2. The first-order valence-electron chi connectivity index (χ1n) is 12.9. The van der Waals surface area contributed by atoms with E-state index in [1.807, 2.05) is 12.1 Å². The maximum absolute atomic E-state index is 12.2. The zero-order chi connectivity index (χ0) is 27.7. The maximum atomic E-state index is 12.2. The highest BCUT2D eigenvalue weighted by Crippen LogP contribution is 2.37. The Balaban J connectivity index is 1.53. The molecule has 12 heteroatoms. The summed E-state index contributed by atoms with van der Waals surface area (Å²) in [6.07, 6.45) is 4.62. The van der Waals surface area contributed by atoms with Crippen LogP contribution < -0.4 is 15.7 Å². The summed E-state index contributed by atoms with van der Waals surface area (Å²) >= 11 is 0. The Morgan fingerprint density at radius 3 is 2.87 bits per heavy atom. The standard InChI is InChI=1S/C26H36BN5O5Si/c1-26(2,3)38(4,5)36-11-9-19-12-18-13-20(6-7-23(18)37-27(19)34)30-25-21(24(29)33)15-32(31-25)22-16-35-10-8-17(22)14-28/h6-7,12-13,15,17,22,34H,8-11,16H2,1-5H3,(H2,29,33)(H,30,31)/t17-,22+/m0/s1. The number of nitrogens with one attached hydrogen (secondary N) is 1. The van der Waals surface area contributed by atoms with Crippen LogP contribution in [0.25, 0.3) is 6.08 Å². The van der Waals surface area contributed by atoms with Gasteiger partial charge in [0, 0.05) is 30.7 Å². The van der Waals surface area contributed by atoms with E-state index in [0.717, 1.165) is 11.0 Å². The van der Waals surface area contributed by atoms with E-state index in [1.54, 1.807) is 23.0 Å². The number of rotatable bonds is 8. The Kier molecular flexibility index (Phi) is 8.04. The number of fused-ring (bicyclic) bond motifs is 1. The van der Waals surface area contributed by atoms with Gasteiger partial charge in [-0.3, -0.25) is 9.48 Å². The first-order valence-corrected chi connectivity index (χ1v) is 15.8. The Labute approximate surface area is 225 Å².